The number of hydrogen-bond acceptors (Lipinski definition) is 5. The van der Waals surface area contributed by atoms with Gasteiger partial charge >= 0.3 is 0 Å². The van der Waals surface area contributed by atoms with Gasteiger partial charge in [0.1, 0.15) is 5.01 Å². The zero-order valence-electron chi connectivity index (χ0n) is 13.9. The first kappa shape index (κ1) is 18.8. The van der Waals surface area contributed by atoms with Crippen molar-refractivity contribution in [1.29, 1.82) is 0 Å². The number of nitrogens with zero attached hydrogens (tertiary/aromatic N) is 2. The number of nitrogens with one attached hydrogen (secondary N) is 2. The van der Waals surface area contributed by atoms with Gasteiger partial charge in [-0.15, -0.1) is 22.6 Å². The zero-order chi connectivity index (χ0) is 16.3. The summed E-state index contributed by atoms with van der Waals surface area (Å²) in [7, 11) is 0. The summed E-state index contributed by atoms with van der Waals surface area (Å²) >= 11 is 1.45. The highest BCUT2D eigenvalue weighted by Crippen LogP contribution is 2.34. The van der Waals surface area contributed by atoms with E-state index in [-0.39, 0.29) is 29.6 Å². The molecule has 3 rings (SSSR count). The molecule has 1 unspecified atom stereocenters. The van der Waals surface area contributed by atoms with Crippen LogP contribution in [0.15, 0.2) is 30.3 Å². The van der Waals surface area contributed by atoms with Crippen LogP contribution in [0.3, 0.4) is 0 Å². The quantitative estimate of drug-likeness (QED) is 0.871. The van der Waals surface area contributed by atoms with E-state index in [4.69, 9.17) is 0 Å². The summed E-state index contributed by atoms with van der Waals surface area (Å²) in [5, 5.41) is 16.1. The first-order chi connectivity index (χ1) is 11.1. The fourth-order valence-corrected chi connectivity index (χ4v) is 3.66. The summed E-state index contributed by atoms with van der Waals surface area (Å²) in [6.07, 6.45) is 1.97. The van der Waals surface area contributed by atoms with Gasteiger partial charge in [-0.05, 0) is 38.8 Å². The summed E-state index contributed by atoms with van der Waals surface area (Å²) in [6.45, 7) is 5.99. The van der Waals surface area contributed by atoms with Crippen LogP contribution < -0.4 is 10.6 Å². The van der Waals surface area contributed by atoms with E-state index in [0.29, 0.717) is 5.13 Å². The molecule has 0 aliphatic carbocycles. The summed E-state index contributed by atoms with van der Waals surface area (Å²) in [5.74, 6) is 0.0654. The van der Waals surface area contributed by atoms with Crippen molar-refractivity contribution in [1.82, 2.24) is 15.5 Å². The van der Waals surface area contributed by atoms with Crippen molar-refractivity contribution < 1.29 is 4.79 Å². The summed E-state index contributed by atoms with van der Waals surface area (Å²) < 4.78 is 0. The lowest BCUT2D eigenvalue weighted by molar-refractivity contribution is -0.120. The third kappa shape index (κ3) is 4.12. The molecule has 2 heterocycles. The van der Waals surface area contributed by atoms with Gasteiger partial charge in [-0.3, -0.25) is 4.79 Å². The van der Waals surface area contributed by atoms with Crippen molar-refractivity contribution in [2.75, 3.05) is 18.4 Å². The van der Waals surface area contributed by atoms with Crippen LogP contribution >= 0.6 is 23.7 Å². The molecule has 0 radical (unpaired) electrons. The fraction of sp³-hybridized carbons (Fsp3) is 0.471. The lowest BCUT2D eigenvalue weighted by atomic mass is 9.85. The number of piperidine rings is 1. The minimum absolute atomic E-state index is 0. The van der Waals surface area contributed by atoms with Crippen LogP contribution in [-0.2, 0) is 10.2 Å². The molecular formula is C17H23ClN4OS. The molecule has 0 saturated carbocycles. The van der Waals surface area contributed by atoms with Crippen LogP contribution in [0.1, 0.15) is 37.3 Å². The van der Waals surface area contributed by atoms with E-state index in [2.05, 4.69) is 46.8 Å². The number of carbonyl (C=O) groups is 1. The van der Waals surface area contributed by atoms with E-state index < -0.39 is 0 Å². The monoisotopic (exact) mass is 366 g/mol. The Morgan fingerprint density at radius 2 is 2.04 bits per heavy atom. The fourth-order valence-electron chi connectivity index (χ4n) is 2.79. The molecule has 1 saturated heterocycles. The Kier molecular flexibility index (Phi) is 6.32. The van der Waals surface area contributed by atoms with Gasteiger partial charge in [-0.25, -0.2) is 0 Å². The average molecular weight is 367 g/mol. The van der Waals surface area contributed by atoms with Gasteiger partial charge in [-0.2, -0.15) is 0 Å². The lowest BCUT2D eigenvalue weighted by Crippen LogP contribution is -2.37. The molecule has 1 aliphatic rings. The van der Waals surface area contributed by atoms with Gasteiger partial charge in [0, 0.05) is 12.0 Å². The molecule has 0 bridgehead atoms. The van der Waals surface area contributed by atoms with Crippen LogP contribution in [0.2, 0.25) is 0 Å². The van der Waals surface area contributed by atoms with Crippen molar-refractivity contribution in [2.45, 2.75) is 32.1 Å². The van der Waals surface area contributed by atoms with E-state index in [1.807, 2.05) is 18.2 Å². The number of aromatic nitrogens is 2. The molecule has 1 aromatic heterocycles. The minimum atomic E-state index is -0.228. The Morgan fingerprint density at radius 1 is 1.29 bits per heavy atom. The van der Waals surface area contributed by atoms with Gasteiger partial charge in [0.15, 0.2) is 0 Å². The predicted molar refractivity (Wildman–Crippen MR) is 100.0 cm³/mol. The Labute approximate surface area is 152 Å². The number of hydrogen-bond donors (Lipinski definition) is 2. The van der Waals surface area contributed by atoms with E-state index in [1.165, 1.54) is 16.9 Å². The van der Waals surface area contributed by atoms with Crippen molar-refractivity contribution in [3.8, 4) is 0 Å². The van der Waals surface area contributed by atoms with Gasteiger partial charge in [0.25, 0.3) is 0 Å². The highest BCUT2D eigenvalue weighted by Gasteiger charge is 2.28. The van der Waals surface area contributed by atoms with E-state index in [0.717, 1.165) is 30.9 Å². The largest absolute Gasteiger partial charge is 0.316 e. The number of halogens is 1. The molecule has 2 N–H and O–H groups in total. The number of amides is 1. The Morgan fingerprint density at radius 3 is 2.71 bits per heavy atom. The number of rotatable bonds is 4. The van der Waals surface area contributed by atoms with Crippen molar-refractivity contribution >= 4 is 34.8 Å². The zero-order valence-corrected chi connectivity index (χ0v) is 15.5. The topological polar surface area (TPSA) is 66.9 Å². The van der Waals surface area contributed by atoms with E-state index >= 15 is 0 Å². The normalized spacial score (nSPS) is 17.8. The van der Waals surface area contributed by atoms with Crippen LogP contribution in [-0.4, -0.2) is 29.2 Å². The summed E-state index contributed by atoms with van der Waals surface area (Å²) in [5.41, 5.74) is 0.958. The second-order valence-corrected chi connectivity index (χ2v) is 7.41. The maximum Gasteiger partial charge on any atom is 0.230 e. The second kappa shape index (κ2) is 8.05. The maximum atomic E-state index is 12.3. The summed E-state index contributed by atoms with van der Waals surface area (Å²) in [4.78, 5) is 12.3. The standard InChI is InChI=1S/C17H22N4OS.ClH/c1-17(2,13-8-4-3-5-9-13)15-20-21-16(23-15)19-14(22)12-7-6-10-18-11-12;/h3-5,8-9,12,18H,6-7,10-11H2,1-2H3,(H,19,21,22);1H. The molecule has 1 atom stereocenters. The molecule has 0 spiro atoms. The number of benzene rings is 1. The van der Waals surface area contributed by atoms with Crippen LogP contribution in [0, 0.1) is 5.92 Å². The molecule has 130 valence electrons. The average Bonchev–Trinajstić information content (AvgIpc) is 3.06. The molecule has 1 aromatic carbocycles. The summed E-state index contributed by atoms with van der Waals surface area (Å²) in [6, 6.07) is 10.2. The Hall–Kier alpha value is -1.50. The predicted octanol–water partition coefficient (Wildman–Crippen LogP) is 3.22. The van der Waals surface area contributed by atoms with E-state index in [9.17, 15) is 4.79 Å². The van der Waals surface area contributed by atoms with Crippen LogP contribution in [0.25, 0.3) is 0 Å². The van der Waals surface area contributed by atoms with Crippen LogP contribution in [0.4, 0.5) is 5.13 Å². The van der Waals surface area contributed by atoms with Crippen LogP contribution in [0.5, 0.6) is 0 Å². The Balaban J connectivity index is 0.00000208. The molecule has 1 fully saturated rings. The third-order valence-corrected chi connectivity index (χ3v) is 5.52. The Bertz CT molecular complexity index is 668. The molecule has 2 aromatic rings. The van der Waals surface area contributed by atoms with Gasteiger partial charge in [0.2, 0.25) is 11.0 Å². The number of carbonyl (C=O) groups excluding carboxylic acids is 1. The minimum Gasteiger partial charge on any atom is -0.316 e. The smallest absolute Gasteiger partial charge is 0.230 e. The molecular weight excluding hydrogens is 344 g/mol. The van der Waals surface area contributed by atoms with Crippen molar-refractivity contribution in [3.63, 3.8) is 0 Å². The second-order valence-electron chi connectivity index (χ2n) is 6.44. The third-order valence-electron chi connectivity index (χ3n) is 4.35. The van der Waals surface area contributed by atoms with Crippen molar-refractivity contribution in [2.24, 2.45) is 5.92 Å². The van der Waals surface area contributed by atoms with E-state index in [1.54, 1.807) is 0 Å². The molecule has 24 heavy (non-hydrogen) atoms. The molecule has 1 amide bonds. The highest BCUT2D eigenvalue weighted by molar-refractivity contribution is 7.15. The molecule has 5 nitrogen and oxygen atoms in total. The SMILES string of the molecule is CC(C)(c1ccccc1)c1nnc(NC(=O)C2CCCNC2)s1.Cl. The van der Waals surface area contributed by atoms with Gasteiger partial charge < -0.3 is 10.6 Å². The first-order valence-corrected chi connectivity index (χ1v) is 8.80. The van der Waals surface area contributed by atoms with Crippen molar-refractivity contribution in [3.05, 3.63) is 40.9 Å². The number of anilines is 1. The highest BCUT2D eigenvalue weighted by atomic mass is 35.5. The molecule has 7 heteroatoms. The van der Waals surface area contributed by atoms with Gasteiger partial charge in [-0.1, -0.05) is 41.7 Å². The van der Waals surface area contributed by atoms with Gasteiger partial charge in [0.05, 0.1) is 5.92 Å². The molecule has 1 aliphatic heterocycles. The maximum absolute atomic E-state index is 12.3. The lowest BCUT2D eigenvalue weighted by Gasteiger charge is -2.22. The first-order valence-electron chi connectivity index (χ1n) is 7.98.